The number of rotatable bonds is 6. The van der Waals surface area contributed by atoms with Gasteiger partial charge in [-0.2, -0.15) is 0 Å². The summed E-state index contributed by atoms with van der Waals surface area (Å²) in [7, 11) is 1.56. The summed E-state index contributed by atoms with van der Waals surface area (Å²) >= 11 is 0. The number of fused-ring (bicyclic) bond motifs is 1. The third-order valence-corrected chi connectivity index (χ3v) is 6.18. The topological polar surface area (TPSA) is 91.9 Å². The Morgan fingerprint density at radius 1 is 0.972 bits per heavy atom. The molecule has 5 rings (SSSR count). The summed E-state index contributed by atoms with van der Waals surface area (Å²) in [6.45, 7) is 3.85. The molecule has 4 aromatic rings. The fourth-order valence-electron chi connectivity index (χ4n) is 4.60. The first-order chi connectivity index (χ1) is 17.4. The number of methoxy groups -OCH3 is 1. The molecule has 36 heavy (non-hydrogen) atoms. The van der Waals surface area contributed by atoms with E-state index in [1.54, 1.807) is 43.6 Å². The lowest BCUT2D eigenvalue weighted by Crippen LogP contribution is -2.29. The van der Waals surface area contributed by atoms with Crippen LogP contribution >= 0.6 is 0 Å². The van der Waals surface area contributed by atoms with Crippen LogP contribution in [0.5, 0.6) is 11.5 Å². The van der Waals surface area contributed by atoms with Gasteiger partial charge in [0.1, 0.15) is 17.3 Å². The molecule has 1 unspecified atom stereocenters. The van der Waals surface area contributed by atoms with E-state index in [2.05, 4.69) is 4.98 Å². The van der Waals surface area contributed by atoms with Crippen molar-refractivity contribution in [3.63, 3.8) is 0 Å². The van der Waals surface area contributed by atoms with E-state index < -0.39 is 17.7 Å². The Hall–Kier alpha value is -4.52. The minimum Gasteiger partial charge on any atom is -0.507 e. The molecule has 1 aliphatic rings. The summed E-state index contributed by atoms with van der Waals surface area (Å²) in [6.07, 6.45) is 1.59. The van der Waals surface area contributed by atoms with Gasteiger partial charge in [0.2, 0.25) is 0 Å². The normalized spacial score (nSPS) is 17.2. The lowest BCUT2D eigenvalue weighted by Gasteiger charge is -2.26. The lowest BCUT2D eigenvalue weighted by atomic mass is 9.94. The first-order valence-electron chi connectivity index (χ1n) is 11.7. The first kappa shape index (κ1) is 23.2. The smallest absolute Gasteiger partial charge is 0.300 e. The number of carbonyl (C=O) groups is 2. The zero-order valence-corrected chi connectivity index (χ0v) is 20.2. The molecule has 7 nitrogen and oxygen atoms in total. The van der Waals surface area contributed by atoms with Crippen molar-refractivity contribution in [1.82, 2.24) is 4.98 Å². The zero-order valence-electron chi connectivity index (χ0n) is 20.2. The average Bonchev–Trinajstić information content (AvgIpc) is 3.42. The number of carbonyl (C=O) groups excluding carboxylic acids is 2. The second-order valence-corrected chi connectivity index (χ2v) is 8.85. The van der Waals surface area contributed by atoms with Crippen LogP contribution in [0.2, 0.25) is 0 Å². The number of para-hydroxylation sites is 1. The molecule has 1 saturated heterocycles. The maximum atomic E-state index is 13.5. The van der Waals surface area contributed by atoms with Crippen molar-refractivity contribution in [2.75, 3.05) is 12.0 Å². The zero-order chi connectivity index (χ0) is 25.4. The Morgan fingerprint density at radius 3 is 2.44 bits per heavy atom. The molecule has 1 aromatic heterocycles. The maximum Gasteiger partial charge on any atom is 0.300 e. The SMILES string of the molecule is COc1ccc(N2C(=O)C(=O)/C(=C(\O)c3c[nH]c4ccccc34)C2c2cccc(OC(C)C)c2)cc1. The molecular formula is C29H26N2O5. The molecule has 1 amide bonds. The van der Waals surface area contributed by atoms with Gasteiger partial charge in [-0.3, -0.25) is 14.5 Å². The lowest BCUT2D eigenvalue weighted by molar-refractivity contribution is -0.132. The fraction of sp³-hybridized carbons (Fsp3) is 0.172. The van der Waals surface area contributed by atoms with E-state index in [1.165, 1.54) is 4.90 Å². The number of H-pyrrole nitrogens is 1. The predicted octanol–water partition coefficient (Wildman–Crippen LogP) is 5.59. The maximum absolute atomic E-state index is 13.5. The predicted molar refractivity (Wildman–Crippen MR) is 138 cm³/mol. The van der Waals surface area contributed by atoms with Crippen LogP contribution in [0.15, 0.2) is 84.6 Å². The number of aliphatic hydroxyl groups excluding tert-OH is 1. The Labute approximate surface area is 208 Å². The van der Waals surface area contributed by atoms with Gasteiger partial charge in [0.25, 0.3) is 11.7 Å². The van der Waals surface area contributed by atoms with Crippen LogP contribution in [0.25, 0.3) is 16.7 Å². The quantitative estimate of drug-likeness (QED) is 0.212. The highest BCUT2D eigenvalue weighted by Gasteiger charge is 2.47. The third kappa shape index (κ3) is 3.98. The largest absolute Gasteiger partial charge is 0.507 e. The highest BCUT2D eigenvalue weighted by Crippen LogP contribution is 2.43. The Balaban J connectivity index is 1.72. The van der Waals surface area contributed by atoms with Crippen LogP contribution in [0.3, 0.4) is 0 Å². The number of nitrogens with one attached hydrogen (secondary N) is 1. The highest BCUT2D eigenvalue weighted by atomic mass is 16.5. The summed E-state index contributed by atoms with van der Waals surface area (Å²) in [5.41, 5.74) is 2.44. The van der Waals surface area contributed by atoms with E-state index in [0.717, 1.165) is 10.9 Å². The van der Waals surface area contributed by atoms with Crippen molar-refractivity contribution in [3.8, 4) is 11.5 Å². The van der Waals surface area contributed by atoms with Crippen LogP contribution in [0.4, 0.5) is 5.69 Å². The van der Waals surface area contributed by atoms with E-state index in [-0.39, 0.29) is 17.4 Å². The molecule has 0 spiro atoms. The number of hydrogen-bond donors (Lipinski definition) is 2. The minimum absolute atomic E-state index is 0.0160. The van der Waals surface area contributed by atoms with Gasteiger partial charge in [0, 0.05) is 28.4 Å². The van der Waals surface area contributed by atoms with E-state index >= 15 is 0 Å². The molecular weight excluding hydrogens is 456 g/mol. The van der Waals surface area contributed by atoms with Crippen molar-refractivity contribution in [1.29, 1.82) is 0 Å². The number of hydrogen-bond acceptors (Lipinski definition) is 5. The second-order valence-electron chi connectivity index (χ2n) is 8.85. The van der Waals surface area contributed by atoms with Gasteiger partial charge < -0.3 is 19.6 Å². The molecule has 0 aliphatic carbocycles. The molecule has 0 saturated carbocycles. The average molecular weight is 483 g/mol. The van der Waals surface area contributed by atoms with Crippen molar-refractivity contribution in [2.45, 2.75) is 26.0 Å². The van der Waals surface area contributed by atoms with Crippen molar-refractivity contribution in [2.24, 2.45) is 0 Å². The Morgan fingerprint density at radius 2 is 1.72 bits per heavy atom. The molecule has 2 N–H and O–H groups in total. The third-order valence-electron chi connectivity index (χ3n) is 6.18. The van der Waals surface area contributed by atoms with Gasteiger partial charge in [0.05, 0.1) is 24.8 Å². The van der Waals surface area contributed by atoms with Crippen LogP contribution in [-0.2, 0) is 9.59 Å². The molecule has 1 aliphatic heterocycles. The van der Waals surface area contributed by atoms with Gasteiger partial charge in [-0.05, 0) is 61.9 Å². The van der Waals surface area contributed by atoms with Crippen LogP contribution < -0.4 is 14.4 Å². The van der Waals surface area contributed by atoms with E-state index in [9.17, 15) is 14.7 Å². The van der Waals surface area contributed by atoms with Crippen molar-refractivity contribution >= 4 is 34.0 Å². The van der Waals surface area contributed by atoms with Gasteiger partial charge in [-0.25, -0.2) is 0 Å². The number of anilines is 1. The molecule has 2 heterocycles. The van der Waals surface area contributed by atoms with E-state index in [1.807, 2.05) is 56.3 Å². The summed E-state index contributed by atoms with van der Waals surface area (Å²) in [5.74, 6) is -0.481. The summed E-state index contributed by atoms with van der Waals surface area (Å²) < 4.78 is 11.1. The number of ketones is 1. The standard InChI is InChI=1S/C29H26N2O5/c1-17(2)36-21-8-6-7-18(15-21)26-25(27(32)23-16-30-24-10-5-4-9-22(23)24)28(33)29(34)31(26)19-11-13-20(35-3)14-12-19/h4-17,26,30,32H,1-3H3/b27-25-. The van der Waals surface area contributed by atoms with Crippen molar-refractivity contribution in [3.05, 3.63) is 95.7 Å². The number of benzene rings is 3. The molecule has 0 radical (unpaired) electrons. The Bertz CT molecular complexity index is 1480. The highest BCUT2D eigenvalue weighted by molar-refractivity contribution is 6.51. The summed E-state index contributed by atoms with van der Waals surface area (Å²) in [4.78, 5) is 31.4. The van der Waals surface area contributed by atoms with Crippen LogP contribution in [-0.4, -0.2) is 35.0 Å². The number of ether oxygens (including phenoxy) is 2. The van der Waals surface area contributed by atoms with Gasteiger partial charge in [-0.15, -0.1) is 0 Å². The number of aromatic nitrogens is 1. The van der Waals surface area contributed by atoms with Crippen LogP contribution in [0, 0.1) is 0 Å². The number of Topliss-reactive ketones (excluding diaryl/α,β-unsaturated/α-hetero) is 1. The second kappa shape index (κ2) is 9.26. The molecule has 182 valence electrons. The summed E-state index contributed by atoms with van der Waals surface area (Å²) in [6, 6.07) is 20.8. The fourth-order valence-corrected chi connectivity index (χ4v) is 4.60. The van der Waals surface area contributed by atoms with Gasteiger partial charge in [-0.1, -0.05) is 30.3 Å². The van der Waals surface area contributed by atoms with Crippen LogP contribution in [0.1, 0.15) is 31.0 Å². The van der Waals surface area contributed by atoms with E-state index in [4.69, 9.17) is 9.47 Å². The molecule has 0 bridgehead atoms. The molecule has 7 heteroatoms. The monoisotopic (exact) mass is 482 g/mol. The molecule has 3 aromatic carbocycles. The van der Waals surface area contributed by atoms with Gasteiger partial charge in [0.15, 0.2) is 0 Å². The van der Waals surface area contributed by atoms with Crippen molar-refractivity contribution < 1.29 is 24.2 Å². The van der Waals surface area contributed by atoms with Gasteiger partial charge >= 0.3 is 0 Å². The first-order valence-corrected chi connectivity index (χ1v) is 11.7. The molecule has 1 atom stereocenters. The van der Waals surface area contributed by atoms with E-state index in [0.29, 0.717) is 28.3 Å². The number of nitrogens with zero attached hydrogens (tertiary/aromatic N) is 1. The minimum atomic E-state index is -0.859. The Kier molecular flexibility index (Phi) is 5.98. The number of aromatic amines is 1. The number of aliphatic hydroxyl groups is 1. The molecule has 1 fully saturated rings. The summed E-state index contributed by atoms with van der Waals surface area (Å²) in [5, 5.41) is 12.2. The number of amides is 1.